The van der Waals surface area contributed by atoms with Crippen LogP contribution in [0.15, 0.2) is 42.7 Å². The number of aliphatic hydroxyl groups is 2. The predicted octanol–water partition coefficient (Wildman–Crippen LogP) is 0.526. The Hall–Kier alpha value is -1.69. The van der Waals surface area contributed by atoms with Crippen molar-refractivity contribution in [1.82, 2.24) is 15.1 Å². The number of hydrogen-bond acceptors (Lipinski definition) is 4. The van der Waals surface area contributed by atoms with Gasteiger partial charge in [-0.25, -0.2) is 0 Å². The smallest absolute Gasteiger partial charge is 0.0860 e. The number of nitrogens with one attached hydrogen (secondary N) is 1. The van der Waals surface area contributed by atoms with Crippen LogP contribution in [0.1, 0.15) is 11.1 Å². The summed E-state index contributed by atoms with van der Waals surface area (Å²) in [4.78, 5) is 0. The Labute approximate surface area is 112 Å². The van der Waals surface area contributed by atoms with Gasteiger partial charge < -0.3 is 15.5 Å². The molecule has 1 heterocycles. The molecule has 3 N–H and O–H groups in total. The van der Waals surface area contributed by atoms with Crippen LogP contribution in [-0.2, 0) is 19.7 Å². The molecular weight excluding hydrogens is 242 g/mol. The van der Waals surface area contributed by atoms with Crippen LogP contribution in [0.2, 0.25) is 0 Å². The molecule has 5 nitrogen and oxygen atoms in total. The molecule has 0 saturated carbocycles. The largest absolute Gasteiger partial charge is 0.392 e. The van der Waals surface area contributed by atoms with Crippen LogP contribution < -0.4 is 5.32 Å². The fourth-order valence-electron chi connectivity index (χ4n) is 1.91. The highest BCUT2D eigenvalue weighted by molar-refractivity contribution is 5.22. The first-order valence-electron chi connectivity index (χ1n) is 6.33. The molecule has 19 heavy (non-hydrogen) atoms. The Kier molecular flexibility index (Phi) is 5.09. The molecular formula is C14H19N3O2. The van der Waals surface area contributed by atoms with E-state index < -0.39 is 6.10 Å². The van der Waals surface area contributed by atoms with Crippen LogP contribution in [0, 0.1) is 0 Å². The van der Waals surface area contributed by atoms with Crippen molar-refractivity contribution in [2.75, 3.05) is 6.54 Å². The number of rotatable bonds is 7. The third-order valence-corrected chi connectivity index (χ3v) is 2.84. The highest BCUT2D eigenvalue weighted by Gasteiger charge is 2.04. The fourth-order valence-corrected chi connectivity index (χ4v) is 1.91. The lowest BCUT2D eigenvalue weighted by Gasteiger charge is -2.12. The van der Waals surface area contributed by atoms with Crippen molar-refractivity contribution in [1.29, 1.82) is 0 Å². The molecule has 0 aliphatic carbocycles. The summed E-state index contributed by atoms with van der Waals surface area (Å²) in [5, 5.41) is 26.1. The SMILES string of the molecule is OCc1cccc(CNCC(O)Cn2cccn2)c1. The summed E-state index contributed by atoms with van der Waals surface area (Å²) in [6, 6.07) is 9.58. The molecule has 0 aliphatic heterocycles. The number of nitrogens with zero attached hydrogens (tertiary/aromatic N) is 2. The second kappa shape index (κ2) is 7.04. The number of benzene rings is 1. The van der Waals surface area contributed by atoms with E-state index in [1.807, 2.05) is 36.5 Å². The van der Waals surface area contributed by atoms with Gasteiger partial charge in [0.1, 0.15) is 0 Å². The van der Waals surface area contributed by atoms with Gasteiger partial charge in [0.25, 0.3) is 0 Å². The van der Waals surface area contributed by atoms with Crippen molar-refractivity contribution < 1.29 is 10.2 Å². The molecule has 1 atom stereocenters. The van der Waals surface area contributed by atoms with E-state index in [0.29, 0.717) is 19.6 Å². The average molecular weight is 261 g/mol. The first-order chi connectivity index (χ1) is 9.28. The first-order valence-corrected chi connectivity index (χ1v) is 6.33. The van der Waals surface area contributed by atoms with Gasteiger partial charge >= 0.3 is 0 Å². The van der Waals surface area contributed by atoms with E-state index in [2.05, 4.69) is 10.4 Å². The van der Waals surface area contributed by atoms with Gasteiger partial charge in [-0.3, -0.25) is 4.68 Å². The molecule has 0 radical (unpaired) electrons. The molecule has 1 aromatic heterocycles. The first kappa shape index (κ1) is 13.7. The zero-order valence-corrected chi connectivity index (χ0v) is 10.7. The lowest BCUT2D eigenvalue weighted by Crippen LogP contribution is -2.30. The Morgan fingerprint density at radius 3 is 2.84 bits per heavy atom. The van der Waals surface area contributed by atoms with E-state index >= 15 is 0 Å². The Morgan fingerprint density at radius 2 is 2.11 bits per heavy atom. The third kappa shape index (κ3) is 4.48. The molecule has 102 valence electrons. The summed E-state index contributed by atoms with van der Waals surface area (Å²) >= 11 is 0. The van der Waals surface area contributed by atoms with E-state index in [4.69, 9.17) is 5.11 Å². The second-order valence-corrected chi connectivity index (χ2v) is 4.49. The van der Waals surface area contributed by atoms with Gasteiger partial charge in [-0.15, -0.1) is 0 Å². The summed E-state index contributed by atoms with van der Waals surface area (Å²) in [7, 11) is 0. The van der Waals surface area contributed by atoms with Gasteiger partial charge in [0.15, 0.2) is 0 Å². The third-order valence-electron chi connectivity index (χ3n) is 2.84. The molecule has 1 unspecified atom stereocenters. The highest BCUT2D eigenvalue weighted by Crippen LogP contribution is 2.04. The summed E-state index contributed by atoms with van der Waals surface area (Å²) < 4.78 is 1.71. The number of aromatic nitrogens is 2. The van der Waals surface area contributed by atoms with Gasteiger partial charge in [-0.05, 0) is 17.2 Å². The predicted molar refractivity (Wildman–Crippen MR) is 72.3 cm³/mol. The van der Waals surface area contributed by atoms with E-state index in [-0.39, 0.29) is 6.61 Å². The minimum absolute atomic E-state index is 0.0514. The van der Waals surface area contributed by atoms with Crippen LogP contribution in [0.4, 0.5) is 0 Å². The van der Waals surface area contributed by atoms with Crippen molar-refractivity contribution in [3.05, 3.63) is 53.9 Å². The lowest BCUT2D eigenvalue weighted by atomic mass is 10.1. The average Bonchev–Trinajstić information content (AvgIpc) is 2.92. The van der Waals surface area contributed by atoms with E-state index in [0.717, 1.165) is 11.1 Å². The molecule has 5 heteroatoms. The van der Waals surface area contributed by atoms with Crippen molar-refractivity contribution in [2.45, 2.75) is 25.8 Å². The zero-order chi connectivity index (χ0) is 13.5. The molecule has 2 rings (SSSR count). The molecule has 0 saturated heterocycles. The topological polar surface area (TPSA) is 70.3 Å². The standard InChI is InChI=1S/C14H19N3O2/c18-11-13-4-1-3-12(7-13)8-15-9-14(19)10-17-6-2-5-16-17/h1-7,14-15,18-19H,8-11H2. The second-order valence-electron chi connectivity index (χ2n) is 4.49. The molecule has 1 aromatic carbocycles. The molecule has 0 bridgehead atoms. The Balaban J connectivity index is 1.73. The quantitative estimate of drug-likeness (QED) is 0.680. The maximum Gasteiger partial charge on any atom is 0.0860 e. The molecule has 0 spiro atoms. The highest BCUT2D eigenvalue weighted by atomic mass is 16.3. The van der Waals surface area contributed by atoms with Gasteiger partial charge in [-0.1, -0.05) is 24.3 Å². The molecule has 2 aromatic rings. The Morgan fingerprint density at radius 1 is 1.26 bits per heavy atom. The van der Waals surface area contributed by atoms with Gasteiger partial charge in [0.2, 0.25) is 0 Å². The van der Waals surface area contributed by atoms with E-state index in [1.165, 1.54) is 0 Å². The van der Waals surface area contributed by atoms with Crippen molar-refractivity contribution in [2.24, 2.45) is 0 Å². The Bertz CT molecular complexity index is 485. The lowest BCUT2D eigenvalue weighted by molar-refractivity contribution is 0.146. The normalized spacial score (nSPS) is 12.5. The minimum Gasteiger partial charge on any atom is -0.392 e. The van der Waals surface area contributed by atoms with Crippen LogP contribution >= 0.6 is 0 Å². The van der Waals surface area contributed by atoms with Crippen LogP contribution in [0.5, 0.6) is 0 Å². The van der Waals surface area contributed by atoms with Crippen molar-refractivity contribution >= 4 is 0 Å². The van der Waals surface area contributed by atoms with Crippen LogP contribution in [0.3, 0.4) is 0 Å². The van der Waals surface area contributed by atoms with E-state index in [9.17, 15) is 5.11 Å². The monoisotopic (exact) mass is 261 g/mol. The fraction of sp³-hybridized carbons (Fsp3) is 0.357. The van der Waals surface area contributed by atoms with E-state index in [1.54, 1.807) is 10.9 Å². The van der Waals surface area contributed by atoms with Gasteiger partial charge in [0.05, 0.1) is 19.3 Å². The molecule has 0 aliphatic rings. The van der Waals surface area contributed by atoms with Crippen LogP contribution in [0.25, 0.3) is 0 Å². The van der Waals surface area contributed by atoms with Crippen molar-refractivity contribution in [3.8, 4) is 0 Å². The molecule has 0 amide bonds. The molecule has 0 fully saturated rings. The summed E-state index contributed by atoms with van der Waals surface area (Å²) in [5.41, 5.74) is 1.99. The minimum atomic E-state index is -0.471. The summed E-state index contributed by atoms with van der Waals surface area (Å²) in [5.74, 6) is 0. The van der Waals surface area contributed by atoms with Gasteiger partial charge in [-0.2, -0.15) is 5.10 Å². The number of hydrogen-bond donors (Lipinski definition) is 3. The van der Waals surface area contributed by atoms with Gasteiger partial charge in [0, 0.05) is 25.5 Å². The maximum atomic E-state index is 9.84. The maximum absolute atomic E-state index is 9.84. The summed E-state index contributed by atoms with van der Waals surface area (Å²) in [6.07, 6.45) is 3.05. The summed E-state index contributed by atoms with van der Waals surface area (Å²) in [6.45, 7) is 1.71. The van der Waals surface area contributed by atoms with Crippen LogP contribution in [-0.4, -0.2) is 32.6 Å². The number of aliphatic hydroxyl groups excluding tert-OH is 2. The van der Waals surface area contributed by atoms with Crippen molar-refractivity contribution in [3.63, 3.8) is 0 Å². The zero-order valence-electron chi connectivity index (χ0n) is 10.7.